The van der Waals surface area contributed by atoms with Gasteiger partial charge in [-0.1, -0.05) is 35.9 Å². The number of urea groups is 1. The topological polar surface area (TPSA) is 69.7 Å². The van der Waals surface area contributed by atoms with E-state index in [-0.39, 0.29) is 24.9 Å². The van der Waals surface area contributed by atoms with Gasteiger partial charge in [0.05, 0.1) is 13.1 Å². The second-order valence-electron chi connectivity index (χ2n) is 6.93. The highest BCUT2D eigenvalue weighted by molar-refractivity contribution is 6.02. The van der Waals surface area contributed by atoms with E-state index >= 15 is 0 Å². The lowest BCUT2D eigenvalue weighted by molar-refractivity contribution is -0.125. The second kappa shape index (κ2) is 7.61. The van der Waals surface area contributed by atoms with Crippen LogP contribution in [0.3, 0.4) is 0 Å². The van der Waals surface area contributed by atoms with Crippen LogP contribution in [0.15, 0.2) is 42.5 Å². The fourth-order valence-corrected chi connectivity index (χ4v) is 3.17. The summed E-state index contributed by atoms with van der Waals surface area (Å²) in [7, 11) is 1.77. The zero-order chi connectivity index (χ0) is 19.6. The highest BCUT2D eigenvalue weighted by Gasteiger charge is 2.28. The minimum Gasteiger partial charge on any atom is -0.337 e. The summed E-state index contributed by atoms with van der Waals surface area (Å²) in [6.45, 7) is 4.78. The minimum absolute atomic E-state index is 0.0239. The first kappa shape index (κ1) is 18.6. The predicted molar refractivity (Wildman–Crippen MR) is 102 cm³/mol. The molecular formula is C21H23N3O3. The van der Waals surface area contributed by atoms with Crippen LogP contribution in [0, 0.1) is 13.8 Å². The zero-order valence-electron chi connectivity index (χ0n) is 15.8. The number of benzene rings is 2. The number of imide groups is 1. The molecule has 27 heavy (non-hydrogen) atoms. The Bertz CT molecular complexity index is 891. The van der Waals surface area contributed by atoms with Crippen LogP contribution in [-0.2, 0) is 17.9 Å². The molecule has 1 aliphatic rings. The summed E-state index contributed by atoms with van der Waals surface area (Å²) in [5, 5.41) is 2.49. The first-order chi connectivity index (χ1) is 12.8. The van der Waals surface area contributed by atoms with Gasteiger partial charge in [0.15, 0.2) is 0 Å². The molecule has 1 saturated heterocycles. The summed E-state index contributed by atoms with van der Waals surface area (Å²) in [5.41, 5.74) is 4.73. The molecule has 2 aromatic carbocycles. The number of amides is 4. The van der Waals surface area contributed by atoms with Crippen LogP contribution in [0.4, 0.5) is 4.79 Å². The van der Waals surface area contributed by atoms with Crippen LogP contribution >= 0.6 is 0 Å². The lowest BCUT2D eigenvalue weighted by atomic mass is 10.0. The molecule has 140 valence electrons. The van der Waals surface area contributed by atoms with Gasteiger partial charge in [-0.2, -0.15) is 0 Å². The van der Waals surface area contributed by atoms with E-state index in [0.29, 0.717) is 12.1 Å². The van der Waals surface area contributed by atoms with E-state index in [2.05, 4.69) is 11.4 Å². The molecule has 0 aromatic heterocycles. The standard InChI is InChI=1S/C21H23N3O3/c1-14-7-8-18(15(2)9-14)13-23(3)20(26)17-6-4-5-16(10-17)12-24-19(25)11-22-21(24)27/h4-10H,11-13H2,1-3H3,(H,22,27). The van der Waals surface area contributed by atoms with Crippen LogP contribution in [0.1, 0.15) is 32.6 Å². The van der Waals surface area contributed by atoms with Crippen molar-refractivity contribution in [1.29, 1.82) is 0 Å². The van der Waals surface area contributed by atoms with E-state index in [1.54, 1.807) is 36.2 Å². The van der Waals surface area contributed by atoms with E-state index in [1.807, 2.05) is 26.0 Å². The minimum atomic E-state index is -0.399. The lowest BCUT2D eigenvalue weighted by Gasteiger charge is -2.20. The van der Waals surface area contributed by atoms with Gasteiger partial charge in [-0.3, -0.25) is 14.5 Å². The Morgan fingerprint density at radius 2 is 1.93 bits per heavy atom. The van der Waals surface area contributed by atoms with Gasteiger partial charge < -0.3 is 10.2 Å². The van der Waals surface area contributed by atoms with Crippen LogP contribution in [0.5, 0.6) is 0 Å². The molecule has 2 aromatic rings. The predicted octanol–water partition coefficient (Wildman–Crippen LogP) is 2.63. The summed E-state index contributed by atoms with van der Waals surface area (Å²) in [4.78, 5) is 39.1. The molecule has 6 nitrogen and oxygen atoms in total. The number of hydrogen-bond acceptors (Lipinski definition) is 3. The Balaban J connectivity index is 1.72. The third-order valence-corrected chi connectivity index (χ3v) is 4.70. The van der Waals surface area contributed by atoms with E-state index in [4.69, 9.17) is 0 Å². The maximum Gasteiger partial charge on any atom is 0.324 e. The highest BCUT2D eigenvalue weighted by Crippen LogP contribution is 2.16. The molecule has 0 radical (unpaired) electrons. The normalized spacial score (nSPS) is 13.7. The van der Waals surface area contributed by atoms with Crippen molar-refractivity contribution in [2.45, 2.75) is 26.9 Å². The average Bonchev–Trinajstić information content (AvgIpc) is 2.95. The molecule has 0 aliphatic carbocycles. The SMILES string of the molecule is Cc1ccc(CN(C)C(=O)c2cccc(CN3C(=O)CNC3=O)c2)c(C)c1. The quantitative estimate of drug-likeness (QED) is 0.828. The first-order valence-corrected chi connectivity index (χ1v) is 8.84. The van der Waals surface area contributed by atoms with Gasteiger partial charge >= 0.3 is 6.03 Å². The summed E-state index contributed by atoms with van der Waals surface area (Å²) in [6.07, 6.45) is 0. The van der Waals surface area contributed by atoms with E-state index in [9.17, 15) is 14.4 Å². The van der Waals surface area contributed by atoms with Crippen molar-refractivity contribution in [2.75, 3.05) is 13.6 Å². The van der Waals surface area contributed by atoms with Gasteiger partial charge in [0.25, 0.3) is 5.91 Å². The molecule has 0 atom stereocenters. The number of hydrogen-bond donors (Lipinski definition) is 1. The Kier molecular flexibility index (Phi) is 5.26. The van der Waals surface area contributed by atoms with Crippen molar-refractivity contribution >= 4 is 17.8 Å². The maximum atomic E-state index is 12.8. The van der Waals surface area contributed by atoms with Crippen molar-refractivity contribution in [2.24, 2.45) is 0 Å². The summed E-state index contributed by atoms with van der Waals surface area (Å²) < 4.78 is 0. The first-order valence-electron chi connectivity index (χ1n) is 8.84. The molecule has 0 saturated carbocycles. The van der Waals surface area contributed by atoms with E-state index in [1.165, 1.54) is 5.56 Å². The molecule has 3 rings (SSSR count). The third-order valence-electron chi connectivity index (χ3n) is 4.70. The molecule has 1 aliphatic heterocycles. The average molecular weight is 365 g/mol. The van der Waals surface area contributed by atoms with Crippen LogP contribution < -0.4 is 5.32 Å². The number of carbonyl (C=O) groups is 3. The second-order valence-corrected chi connectivity index (χ2v) is 6.93. The lowest BCUT2D eigenvalue weighted by Crippen LogP contribution is -2.30. The van der Waals surface area contributed by atoms with Gasteiger partial charge in [-0.25, -0.2) is 4.79 Å². The maximum absolute atomic E-state index is 12.8. The van der Waals surface area contributed by atoms with Gasteiger partial charge in [-0.15, -0.1) is 0 Å². The van der Waals surface area contributed by atoms with Crippen molar-refractivity contribution in [3.05, 3.63) is 70.3 Å². The Morgan fingerprint density at radius 3 is 2.59 bits per heavy atom. The van der Waals surface area contributed by atoms with E-state index in [0.717, 1.165) is 21.6 Å². The molecular weight excluding hydrogens is 342 g/mol. The molecule has 1 heterocycles. The van der Waals surface area contributed by atoms with Gasteiger partial charge in [0.1, 0.15) is 0 Å². The van der Waals surface area contributed by atoms with Crippen molar-refractivity contribution < 1.29 is 14.4 Å². The molecule has 0 bridgehead atoms. The summed E-state index contributed by atoms with van der Waals surface area (Å²) in [6, 6.07) is 12.8. The number of nitrogens with one attached hydrogen (secondary N) is 1. The zero-order valence-corrected chi connectivity index (χ0v) is 15.8. The molecule has 1 fully saturated rings. The van der Waals surface area contributed by atoms with Crippen LogP contribution in [0.2, 0.25) is 0 Å². The number of aryl methyl sites for hydroxylation is 2. The molecule has 0 spiro atoms. The summed E-state index contributed by atoms with van der Waals surface area (Å²) >= 11 is 0. The van der Waals surface area contributed by atoms with Crippen molar-refractivity contribution in [1.82, 2.24) is 15.1 Å². The number of carbonyl (C=O) groups excluding carboxylic acids is 3. The monoisotopic (exact) mass is 365 g/mol. The largest absolute Gasteiger partial charge is 0.337 e. The van der Waals surface area contributed by atoms with Crippen LogP contribution in [-0.4, -0.2) is 41.2 Å². The Labute approximate surface area is 158 Å². The fourth-order valence-electron chi connectivity index (χ4n) is 3.17. The number of rotatable bonds is 5. The molecule has 1 N–H and O–H groups in total. The van der Waals surface area contributed by atoms with Gasteiger partial charge in [-0.05, 0) is 42.7 Å². The third kappa shape index (κ3) is 4.16. The molecule has 0 unspecified atom stereocenters. The van der Waals surface area contributed by atoms with Gasteiger partial charge in [0, 0.05) is 19.2 Å². The highest BCUT2D eigenvalue weighted by atomic mass is 16.2. The Morgan fingerprint density at radius 1 is 1.15 bits per heavy atom. The summed E-state index contributed by atoms with van der Waals surface area (Å²) in [5.74, 6) is -0.363. The Hall–Kier alpha value is -3.15. The smallest absolute Gasteiger partial charge is 0.324 e. The van der Waals surface area contributed by atoms with Gasteiger partial charge in [0.2, 0.25) is 5.91 Å². The van der Waals surface area contributed by atoms with E-state index < -0.39 is 6.03 Å². The van der Waals surface area contributed by atoms with Crippen molar-refractivity contribution in [3.63, 3.8) is 0 Å². The van der Waals surface area contributed by atoms with Crippen molar-refractivity contribution in [3.8, 4) is 0 Å². The van der Waals surface area contributed by atoms with Crippen LogP contribution in [0.25, 0.3) is 0 Å². The molecule has 4 amide bonds. The molecule has 6 heteroatoms. The number of nitrogens with zero attached hydrogens (tertiary/aromatic N) is 2. The fraction of sp³-hybridized carbons (Fsp3) is 0.286.